The molecule has 0 fully saturated rings. The number of carbonyl (C=O) groups is 4. The number of rotatable bonds is 8. The summed E-state index contributed by atoms with van der Waals surface area (Å²) in [7, 11) is 0. The van der Waals surface area contributed by atoms with Crippen molar-refractivity contribution >= 4 is 58.4 Å². The monoisotopic (exact) mass is 475 g/mol. The molecule has 0 radical (unpaired) electrons. The molecule has 2 aromatic rings. The van der Waals surface area contributed by atoms with E-state index in [-0.39, 0.29) is 12.5 Å². The van der Waals surface area contributed by atoms with Crippen LogP contribution in [0.2, 0.25) is 5.02 Å². The number of benzene rings is 2. The van der Waals surface area contributed by atoms with Gasteiger partial charge in [0.15, 0.2) is 6.61 Å². The van der Waals surface area contributed by atoms with Crippen molar-refractivity contribution in [3.63, 3.8) is 0 Å². The molecule has 168 valence electrons. The van der Waals surface area contributed by atoms with Crippen LogP contribution >= 0.6 is 23.4 Å². The van der Waals surface area contributed by atoms with Crippen LogP contribution in [0.4, 0.5) is 11.4 Å². The zero-order chi connectivity index (χ0) is 23.1. The van der Waals surface area contributed by atoms with Crippen LogP contribution < -0.4 is 15.5 Å². The fourth-order valence-corrected chi connectivity index (χ4v) is 3.69. The minimum Gasteiger partial charge on any atom is -0.454 e. The van der Waals surface area contributed by atoms with Crippen LogP contribution in [0, 0.1) is 0 Å². The number of anilines is 2. The third kappa shape index (κ3) is 6.02. The van der Waals surface area contributed by atoms with Gasteiger partial charge in [-0.2, -0.15) is 11.8 Å². The lowest BCUT2D eigenvalue weighted by Gasteiger charge is -2.29. The lowest BCUT2D eigenvalue weighted by Crippen LogP contribution is -2.46. The molecule has 0 aromatic heterocycles. The molecule has 0 aliphatic carbocycles. The Kier molecular flexibility index (Phi) is 8.13. The average molecular weight is 476 g/mol. The molecule has 0 saturated carbocycles. The fraction of sp³-hybridized carbons (Fsp3) is 0.273. The van der Waals surface area contributed by atoms with E-state index in [1.165, 1.54) is 16.7 Å². The molecule has 2 aromatic carbocycles. The Morgan fingerprint density at radius 2 is 1.91 bits per heavy atom. The predicted molar refractivity (Wildman–Crippen MR) is 124 cm³/mol. The third-order valence-corrected chi connectivity index (χ3v) is 5.61. The number of carbonyl (C=O) groups excluding carboxylic acids is 4. The Morgan fingerprint density at radius 3 is 2.62 bits per heavy atom. The second-order valence-corrected chi connectivity index (χ2v) is 8.39. The lowest BCUT2D eigenvalue weighted by molar-refractivity contribution is -0.149. The van der Waals surface area contributed by atoms with Gasteiger partial charge in [0.05, 0.1) is 11.4 Å². The quantitative estimate of drug-likeness (QED) is 0.569. The Bertz CT molecular complexity index is 1010. The molecule has 1 aliphatic rings. The van der Waals surface area contributed by atoms with Crippen molar-refractivity contribution in [1.82, 2.24) is 5.32 Å². The number of fused-ring (bicyclic) bond motifs is 1. The molecule has 1 heterocycles. The van der Waals surface area contributed by atoms with Crippen LogP contribution in [0.5, 0.6) is 0 Å². The summed E-state index contributed by atoms with van der Waals surface area (Å²) in [5.74, 6) is -1.43. The SMILES string of the molecule is CSCC[C@@H](NC(=O)c1ccc(Cl)cc1)C(=O)OCC(=O)N1CC(=O)Nc2ccccc21. The summed E-state index contributed by atoms with van der Waals surface area (Å²) >= 11 is 7.36. The lowest BCUT2D eigenvalue weighted by atomic mass is 10.1. The van der Waals surface area contributed by atoms with Crippen LogP contribution in [0.25, 0.3) is 0 Å². The van der Waals surface area contributed by atoms with Gasteiger partial charge in [-0.25, -0.2) is 4.79 Å². The van der Waals surface area contributed by atoms with Gasteiger partial charge >= 0.3 is 5.97 Å². The molecular weight excluding hydrogens is 454 g/mol. The highest BCUT2D eigenvalue weighted by atomic mass is 35.5. The first kappa shape index (κ1) is 23.6. The zero-order valence-electron chi connectivity index (χ0n) is 17.3. The van der Waals surface area contributed by atoms with Gasteiger partial charge in [0.25, 0.3) is 11.8 Å². The van der Waals surface area contributed by atoms with E-state index >= 15 is 0 Å². The van der Waals surface area contributed by atoms with Gasteiger partial charge in [-0.1, -0.05) is 23.7 Å². The van der Waals surface area contributed by atoms with E-state index in [0.717, 1.165) is 0 Å². The Labute approximate surface area is 194 Å². The summed E-state index contributed by atoms with van der Waals surface area (Å²) in [6.45, 7) is -0.719. The van der Waals surface area contributed by atoms with E-state index in [4.69, 9.17) is 16.3 Å². The van der Waals surface area contributed by atoms with Crippen molar-refractivity contribution in [1.29, 1.82) is 0 Å². The number of nitrogens with zero attached hydrogens (tertiary/aromatic N) is 1. The highest BCUT2D eigenvalue weighted by Crippen LogP contribution is 2.28. The van der Waals surface area contributed by atoms with Crippen molar-refractivity contribution in [2.45, 2.75) is 12.5 Å². The maximum absolute atomic E-state index is 12.7. The molecule has 32 heavy (non-hydrogen) atoms. The minimum absolute atomic E-state index is 0.170. The number of amides is 3. The summed E-state index contributed by atoms with van der Waals surface area (Å²) < 4.78 is 5.22. The molecule has 2 N–H and O–H groups in total. The first-order valence-corrected chi connectivity index (χ1v) is 11.6. The molecule has 0 unspecified atom stereocenters. The van der Waals surface area contributed by atoms with Gasteiger partial charge in [0, 0.05) is 10.6 Å². The number of hydrogen-bond acceptors (Lipinski definition) is 6. The second-order valence-electron chi connectivity index (χ2n) is 6.97. The van der Waals surface area contributed by atoms with E-state index in [0.29, 0.717) is 34.1 Å². The van der Waals surface area contributed by atoms with E-state index in [1.54, 1.807) is 48.5 Å². The standard InChI is InChI=1S/C22H22ClN3O5S/c1-32-11-10-17(25-21(29)14-6-8-15(23)9-7-14)22(30)31-13-20(28)26-12-19(27)24-16-4-2-3-5-18(16)26/h2-9,17H,10-13H2,1H3,(H,24,27)(H,25,29)/t17-/m1/s1. The summed E-state index contributed by atoms with van der Waals surface area (Å²) in [4.78, 5) is 51.0. The van der Waals surface area contributed by atoms with E-state index < -0.39 is 30.4 Å². The minimum atomic E-state index is -0.921. The molecule has 0 bridgehead atoms. The molecule has 0 saturated heterocycles. The molecule has 3 rings (SSSR count). The number of para-hydroxylation sites is 2. The van der Waals surface area contributed by atoms with Crippen molar-refractivity contribution in [2.75, 3.05) is 35.4 Å². The Morgan fingerprint density at radius 1 is 1.19 bits per heavy atom. The highest BCUT2D eigenvalue weighted by molar-refractivity contribution is 7.98. The summed E-state index contributed by atoms with van der Waals surface area (Å²) in [5, 5.41) is 5.84. The Balaban J connectivity index is 1.63. The van der Waals surface area contributed by atoms with Crippen molar-refractivity contribution in [2.24, 2.45) is 0 Å². The molecule has 10 heteroatoms. The molecule has 8 nitrogen and oxygen atoms in total. The van der Waals surface area contributed by atoms with E-state index in [9.17, 15) is 19.2 Å². The summed E-state index contributed by atoms with van der Waals surface area (Å²) in [6, 6.07) is 12.2. The summed E-state index contributed by atoms with van der Waals surface area (Å²) in [5.41, 5.74) is 1.39. The van der Waals surface area contributed by atoms with Crippen LogP contribution in [0.3, 0.4) is 0 Å². The zero-order valence-corrected chi connectivity index (χ0v) is 18.9. The number of esters is 1. The van der Waals surface area contributed by atoms with Crippen molar-refractivity contribution < 1.29 is 23.9 Å². The van der Waals surface area contributed by atoms with Gasteiger partial charge in [0.2, 0.25) is 5.91 Å². The molecule has 1 atom stereocenters. The first-order chi connectivity index (χ1) is 15.4. The average Bonchev–Trinajstić information content (AvgIpc) is 2.79. The maximum atomic E-state index is 12.7. The maximum Gasteiger partial charge on any atom is 0.329 e. The smallest absolute Gasteiger partial charge is 0.329 e. The second kappa shape index (κ2) is 11.0. The van der Waals surface area contributed by atoms with Crippen molar-refractivity contribution in [3.05, 3.63) is 59.1 Å². The van der Waals surface area contributed by atoms with Gasteiger partial charge < -0.3 is 15.4 Å². The highest BCUT2D eigenvalue weighted by Gasteiger charge is 2.29. The number of hydrogen-bond donors (Lipinski definition) is 2. The van der Waals surface area contributed by atoms with Gasteiger partial charge in [-0.3, -0.25) is 19.3 Å². The molecule has 3 amide bonds. The van der Waals surface area contributed by atoms with Crippen LogP contribution in [0.15, 0.2) is 48.5 Å². The Hall–Kier alpha value is -3.04. The van der Waals surface area contributed by atoms with Crippen LogP contribution in [-0.4, -0.2) is 54.9 Å². The predicted octanol–water partition coefficient (Wildman–Crippen LogP) is 2.72. The molecule has 0 spiro atoms. The first-order valence-electron chi connectivity index (χ1n) is 9.80. The van der Waals surface area contributed by atoms with Gasteiger partial charge in [-0.05, 0) is 54.8 Å². The van der Waals surface area contributed by atoms with Gasteiger partial charge in [0.1, 0.15) is 12.6 Å². The van der Waals surface area contributed by atoms with Gasteiger partial charge in [-0.15, -0.1) is 0 Å². The van der Waals surface area contributed by atoms with E-state index in [1.807, 2.05) is 6.26 Å². The van der Waals surface area contributed by atoms with Crippen LogP contribution in [0.1, 0.15) is 16.8 Å². The normalized spacial score (nSPS) is 13.6. The fourth-order valence-electron chi connectivity index (χ4n) is 3.09. The number of ether oxygens (including phenoxy) is 1. The van der Waals surface area contributed by atoms with E-state index in [2.05, 4.69) is 10.6 Å². The molecule has 1 aliphatic heterocycles. The summed E-state index contributed by atoms with van der Waals surface area (Å²) in [6.07, 6.45) is 2.22. The largest absolute Gasteiger partial charge is 0.454 e. The van der Waals surface area contributed by atoms with Crippen LogP contribution in [-0.2, 0) is 19.1 Å². The number of halogens is 1. The van der Waals surface area contributed by atoms with Crippen molar-refractivity contribution in [3.8, 4) is 0 Å². The third-order valence-electron chi connectivity index (χ3n) is 4.72. The number of thioether (sulfide) groups is 1. The topological polar surface area (TPSA) is 105 Å². The number of nitrogens with one attached hydrogen (secondary N) is 2. The molecular formula is C22H22ClN3O5S.